The van der Waals surface area contributed by atoms with E-state index in [4.69, 9.17) is 0 Å². The van der Waals surface area contributed by atoms with Crippen LogP contribution >= 0.6 is 11.3 Å². The molecule has 0 radical (unpaired) electrons. The van der Waals surface area contributed by atoms with Crippen LogP contribution in [0, 0.1) is 0 Å². The van der Waals surface area contributed by atoms with Crippen LogP contribution in [0.4, 0.5) is 0 Å². The van der Waals surface area contributed by atoms with Crippen molar-refractivity contribution in [2.75, 3.05) is 11.5 Å². The Kier molecular flexibility index (Phi) is 5.19. The average Bonchev–Trinajstić information content (AvgIpc) is 3.28. The van der Waals surface area contributed by atoms with Crippen LogP contribution in [0.2, 0.25) is 0 Å². The molecule has 0 spiro atoms. The number of thiophene rings is 1. The first-order valence-corrected chi connectivity index (χ1v) is 10.9. The van der Waals surface area contributed by atoms with Gasteiger partial charge in [0.05, 0.1) is 16.4 Å². The van der Waals surface area contributed by atoms with Gasteiger partial charge in [-0.3, -0.25) is 4.79 Å². The molecular formula is C15H21N5O3S2. The van der Waals surface area contributed by atoms with Crippen molar-refractivity contribution < 1.29 is 13.2 Å². The van der Waals surface area contributed by atoms with Crippen LogP contribution in [0.15, 0.2) is 17.5 Å². The highest BCUT2D eigenvalue weighted by molar-refractivity contribution is 7.91. The fourth-order valence-corrected chi connectivity index (χ4v) is 5.38. The van der Waals surface area contributed by atoms with Crippen molar-refractivity contribution in [1.29, 1.82) is 0 Å². The molecule has 2 aromatic rings. The standard InChI is InChI=1S/C15H21N5O3S2/c1-3-11(2)20(12-6-8-25(22,23)10-12)14(21)9-19-17-15(16-18-19)13-5-4-7-24-13/h4-5,7,11-12H,3,6,8-10H2,1-2H3/t11-,12+/m0/s1. The van der Waals surface area contributed by atoms with Gasteiger partial charge >= 0.3 is 0 Å². The molecule has 0 N–H and O–H groups in total. The summed E-state index contributed by atoms with van der Waals surface area (Å²) in [6, 6.07) is 3.48. The van der Waals surface area contributed by atoms with Gasteiger partial charge in [-0.05, 0) is 36.4 Å². The van der Waals surface area contributed by atoms with Crippen LogP contribution in [0.1, 0.15) is 26.7 Å². The molecule has 1 fully saturated rings. The van der Waals surface area contributed by atoms with Gasteiger partial charge in [0.2, 0.25) is 11.7 Å². The molecule has 8 nitrogen and oxygen atoms in total. The van der Waals surface area contributed by atoms with Gasteiger partial charge in [0.25, 0.3) is 0 Å². The third-order valence-corrected chi connectivity index (χ3v) is 7.04. The number of carbonyl (C=O) groups is 1. The lowest BCUT2D eigenvalue weighted by atomic mass is 10.1. The number of hydrogen-bond donors (Lipinski definition) is 0. The summed E-state index contributed by atoms with van der Waals surface area (Å²) in [5.74, 6) is 0.490. The second kappa shape index (κ2) is 7.20. The lowest BCUT2D eigenvalue weighted by Crippen LogP contribution is -2.48. The zero-order chi connectivity index (χ0) is 18.0. The van der Waals surface area contributed by atoms with Gasteiger partial charge in [0, 0.05) is 12.1 Å². The molecule has 2 aromatic heterocycles. The van der Waals surface area contributed by atoms with Crippen molar-refractivity contribution in [2.45, 2.75) is 45.3 Å². The van der Waals surface area contributed by atoms with E-state index in [0.29, 0.717) is 12.2 Å². The fourth-order valence-electron chi connectivity index (χ4n) is 3.02. The molecule has 1 aliphatic rings. The number of nitrogens with zero attached hydrogens (tertiary/aromatic N) is 5. The van der Waals surface area contributed by atoms with E-state index in [-0.39, 0.29) is 36.0 Å². The summed E-state index contributed by atoms with van der Waals surface area (Å²) in [6.07, 6.45) is 1.25. The second-order valence-corrected chi connectivity index (χ2v) is 9.41. The SMILES string of the molecule is CC[C@H](C)N(C(=O)Cn1nnc(-c2cccs2)n1)[C@@H]1CCS(=O)(=O)C1. The molecule has 0 saturated carbocycles. The minimum Gasteiger partial charge on any atom is -0.334 e. The average molecular weight is 383 g/mol. The van der Waals surface area contributed by atoms with Crippen LogP contribution in [0.25, 0.3) is 10.7 Å². The van der Waals surface area contributed by atoms with Gasteiger partial charge in [0.1, 0.15) is 6.54 Å². The van der Waals surface area contributed by atoms with Crippen LogP contribution in [0.5, 0.6) is 0 Å². The Morgan fingerprint density at radius 2 is 2.32 bits per heavy atom. The van der Waals surface area contributed by atoms with Crippen molar-refractivity contribution in [1.82, 2.24) is 25.1 Å². The predicted molar refractivity (Wildman–Crippen MR) is 94.8 cm³/mol. The summed E-state index contributed by atoms with van der Waals surface area (Å²) in [7, 11) is -3.06. The molecule has 3 rings (SSSR count). The van der Waals surface area contributed by atoms with Crippen LogP contribution in [0.3, 0.4) is 0 Å². The minimum absolute atomic E-state index is 0.0360. The Morgan fingerprint density at radius 1 is 1.52 bits per heavy atom. The van der Waals surface area contributed by atoms with Gasteiger partial charge in [-0.2, -0.15) is 4.80 Å². The maximum atomic E-state index is 12.8. The number of aromatic nitrogens is 4. The highest BCUT2D eigenvalue weighted by Crippen LogP contribution is 2.22. The molecule has 3 heterocycles. The monoisotopic (exact) mass is 383 g/mol. The normalized spacial score (nSPS) is 20.5. The fraction of sp³-hybridized carbons (Fsp3) is 0.600. The van der Waals surface area contributed by atoms with Gasteiger partial charge in [-0.15, -0.1) is 21.5 Å². The topological polar surface area (TPSA) is 98.1 Å². The van der Waals surface area contributed by atoms with E-state index in [1.54, 1.807) is 4.90 Å². The molecule has 0 aliphatic carbocycles. The van der Waals surface area contributed by atoms with E-state index in [2.05, 4.69) is 15.4 Å². The Hall–Kier alpha value is -1.81. The number of hydrogen-bond acceptors (Lipinski definition) is 7. The molecule has 0 aromatic carbocycles. The highest BCUT2D eigenvalue weighted by Gasteiger charge is 2.36. The summed E-state index contributed by atoms with van der Waals surface area (Å²) in [6.45, 7) is 3.88. The smallest absolute Gasteiger partial charge is 0.246 e. The molecule has 1 amide bonds. The number of rotatable bonds is 6. The van der Waals surface area contributed by atoms with E-state index in [9.17, 15) is 13.2 Å². The molecule has 2 atom stereocenters. The lowest BCUT2D eigenvalue weighted by molar-refractivity contribution is -0.136. The van der Waals surface area contributed by atoms with Gasteiger partial charge < -0.3 is 4.90 Å². The van der Waals surface area contributed by atoms with Crippen molar-refractivity contribution in [2.24, 2.45) is 0 Å². The molecule has 0 bridgehead atoms. The van der Waals surface area contributed by atoms with Crippen LogP contribution in [-0.4, -0.2) is 63.0 Å². The summed E-state index contributed by atoms with van der Waals surface area (Å²) in [4.78, 5) is 16.7. The number of amides is 1. The lowest BCUT2D eigenvalue weighted by Gasteiger charge is -2.33. The first-order valence-electron chi connectivity index (χ1n) is 8.23. The minimum atomic E-state index is -3.06. The zero-order valence-corrected chi connectivity index (χ0v) is 15.8. The van der Waals surface area contributed by atoms with E-state index >= 15 is 0 Å². The molecule has 1 saturated heterocycles. The maximum absolute atomic E-state index is 12.8. The Balaban J connectivity index is 1.74. The van der Waals surface area contributed by atoms with E-state index < -0.39 is 9.84 Å². The van der Waals surface area contributed by atoms with Crippen molar-refractivity contribution >= 4 is 27.1 Å². The summed E-state index contributed by atoms with van der Waals surface area (Å²) < 4.78 is 23.6. The van der Waals surface area contributed by atoms with E-state index in [0.717, 1.165) is 11.3 Å². The third kappa shape index (κ3) is 4.06. The molecule has 10 heteroatoms. The molecule has 25 heavy (non-hydrogen) atoms. The van der Waals surface area contributed by atoms with Crippen molar-refractivity contribution in [3.05, 3.63) is 17.5 Å². The molecule has 0 unspecified atom stereocenters. The quantitative estimate of drug-likeness (QED) is 0.744. The second-order valence-electron chi connectivity index (χ2n) is 6.24. The molecular weight excluding hydrogens is 362 g/mol. The number of sulfone groups is 1. The molecule has 1 aliphatic heterocycles. The largest absolute Gasteiger partial charge is 0.334 e. The Labute approximate surface area is 150 Å². The predicted octanol–water partition coefficient (Wildman–Crippen LogP) is 1.22. The Bertz CT molecular complexity index is 831. The first-order chi connectivity index (χ1) is 11.9. The van der Waals surface area contributed by atoms with Crippen LogP contribution < -0.4 is 0 Å². The maximum Gasteiger partial charge on any atom is 0.246 e. The van der Waals surface area contributed by atoms with Crippen molar-refractivity contribution in [3.8, 4) is 10.7 Å². The van der Waals surface area contributed by atoms with E-state index in [1.165, 1.54) is 16.1 Å². The number of tetrazole rings is 1. The first kappa shape index (κ1) is 18.0. The molecule has 136 valence electrons. The van der Waals surface area contributed by atoms with Gasteiger partial charge in [0.15, 0.2) is 9.84 Å². The summed E-state index contributed by atoms with van der Waals surface area (Å²) in [5.41, 5.74) is 0. The number of carbonyl (C=O) groups excluding carboxylic acids is 1. The summed E-state index contributed by atoms with van der Waals surface area (Å²) >= 11 is 1.50. The Morgan fingerprint density at radius 3 is 2.92 bits per heavy atom. The van der Waals surface area contributed by atoms with E-state index in [1.807, 2.05) is 31.4 Å². The van der Waals surface area contributed by atoms with Crippen LogP contribution in [-0.2, 0) is 21.2 Å². The van der Waals surface area contributed by atoms with Gasteiger partial charge in [-0.25, -0.2) is 8.42 Å². The third-order valence-electron chi connectivity index (χ3n) is 4.43. The van der Waals surface area contributed by atoms with Gasteiger partial charge in [-0.1, -0.05) is 13.0 Å². The zero-order valence-electron chi connectivity index (χ0n) is 14.2. The summed E-state index contributed by atoms with van der Waals surface area (Å²) in [5, 5.41) is 14.1. The van der Waals surface area contributed by atoms with Crippen molar-refractivity contribution in [3.63, 3.8) is 0 Å². The highest BCUT2D eigenvalue weighted by atomic mass is 32.2.